The van der Waals surface area contributed by atoms with Crippen LogP contribution in [0.15, 0.2) is 24.3 Å². The molecule has 0 fully saturated rings. The van der Waals surface area contributed by atoms with Crippen molar-refractivity contribution in [2.45, 2.75) is 25.6 Å². The second-order valence-corrected chi connectivity index (χ2v) is 4.91. The number of carbonyl (C=O) groups is 4. The van der Waals surface area contributed by atoms with Gasteiger partial charge in [-0.3, -0.25) is 14.4 Å². The first-order chi connectivity index (χ1) is 12.0. The number of hydrogen-bond acceptors (Lipinski definition) is 5. The Balaban J connectivity index is 2.84. The Labute approximate surface area is 145 Å². The summed E-state index contributed by atoms with van der Waals surface area (Å²) in [6.45, 7) is 1.78. The summed E-state index contributed by atoms with van der Waals surface area (Å²) in [6.07, 6.45) is -6.31. The summed E-state index contributed by atoms with van der Waals surface area (Å²) in [5, 5.41) is 12.2. The van der Waals surface area contributed by atoms with E-state index in [1.54, 1.807) is 6.92 Å². The van der Waals surface area contributed by atoms with Crippen molar-refractivity contribution < 1.29 is 42.2 Å². The van der Waals surface area contributed by atoms with Crippen LogP contribution in [0, 0.1) is 0 Å². The SMILES string of the molecule is CCOC(=O)c1ccc(NC(=O)[C@@H](CC(=O)O)NC(=O)C(F)(F)F)cc1. The number of ether oxygens (including phenoxy) is 1. The number of nitrogens with one attached hydrogen (secondary N) is 2. The molecule has 0 aliphatic rings. The van der Waals surface area contributed by atoms with Crippen molar-refractivity contribution in [1.29, 1.82) is 0 Å². The van der Waals surface area contributed by atoms with Gasteiger partial charge in [0, 0.05) is 5.69 Å². The molecule has 2 amide bonds. The third-order valence-electron chi connectivity index (χ3n) is 2.92. The first-order valence-electron chi connectivity index (χ1n) is 7.22. The summed E-state index contributed by atoms with van der Waals surface area (Å²) in [4.78, 5) is 45.1. The lowest BCUT2D eigenvalue weighted by Crippen LogP contribution is -2.49. The van der Waals surface area contributed by atoms with E-state index >= 15 is 0 Å². The maximum Gasteiger partial charge on any atom is 0.471 e. The number of aliphatic carboxylic acids is 1. The van der Waals surface area contributed by atoms with Gasteiger partial charge in [0.1, 0.15) is 6.04 Å². The molecular formula is C15H15F3N2O6. The standard InChI is InChI=1S/C15H15F3N2O6/c1-2-26-13(24)8-3-5-9(6-4-8)19-12(23)10(7-11(21)22)20-14(25)15(16,17)18/h3-6,10H,2,7H2,1H3,(H,19,23)(H,20,25)(H,21,22)/t10-/m1/s1. The summed E-state index contributed by atoms with van der Waals surface area (Å²) in [6, 6.07) is 3.20. The molecule has 3 N–H and O–H groups in total. The molecule has 0 radical (unpaired) electrons. The molecule has 1 aromatic rings. The van der Waals surface area contributed by atoms with Crippen LogP contribution in [0.4, 0.5) is 18.9 Å². The molecular weight excluding hydrogens is 361 g/mol. The van der Waals surface area contributed by atoms with Crippen LogP contribution in [0.5, 0.6) is 0 Å². The van der Waals surface area contributed by atoms with Crippen LogP contribution in [-0.2, 0) is 19.1 Å². The van der Waals surface area contributed by atoms with Crippen molar-refractivity contribution >= 4 is 29.4 Å². The Morgan fingerprint density at radius 3 is 2.19 bits per heavy atom. The Kier molecular flexibility index (Phi) is 7.11. The maximum absolute atomic E-state index is 12.3. The van der Waals surface area contributed by atoms with Crippen LogP contribution < -0.4 is 10.6 Å². The number of carboxylic acid groups (broad SMARTS) is 1. The molecule has 0 bridgehead atoms. The highest BCUT2D eigenvalue weighted by molar-refractivity contribution is 6.00. The number of halogens is 3. The summed E-state index contributed by atoms with van der Waals surface area (Å²) < 4.78 is 41.6. The number of carboxylic acids is 1. The number of esters is 1. The predicted molar refractivity (Wildman–Crippen MR) is 81.3 cm³/mol. The van der Waals surface area contributed by atoms with Crippen LogP contribution in [0.3, 0.4) is 0 Å². The van der Waals surface area contributed by atoms with Crippen LogP contribution >= 0.6 is 0 Å². The third kappa shape index (κ3) is 6.42. The quantitative estimate of drug-likeness (QED) is 0.617. The summed E-state index contributed by atoms with van der Waals surface area (Å²) in [5.41, 5.74) is 0.261. The van der Waals surface area contributed by atoms with Gasteiger partial charge in [-0.05, 0) is 31.2 Å². The topological polar surface area (TPSA) is 122 Å². The monoisotopic (exact) mass is 376 g/mol. The lowest BCUT2D eigenvalue weighted by Gasteiger charge is -2.17. The van der Waals surface area contributed by atoms with Crippen LogP contribution in [-0.4, -0.2) is 47.7 Å². The molecule has 0 saturated carbocycles. The largest absolute Gasteiger partial charge is 0.481 e. The van der Waals surface area contributed by atoms with Gasteiger partial charge >= 0.3 is 24.0 Å². The average Bonchev–Trinajstić information content (AvgIpc) is 2.53. The van der Waals surface area contributed by atoms with Crippen molar-refractivity contribution in [3.63, 3.8) is 0 Å². The number of amides is 2. The van der Waals surface area contributed by atoms with E-state index in [9.17, 15) is 32.3 Å². The number of rotatable bonds is 7. The average molecular weight is 376 g/mol. The zero-order valence-electron chi connectivity index (χ0n) is 13.4. The Morgan fingerprint density at radius 1 is 1.15 bits per heavy atom. The van der Waals surface area contributed by atoms with E-state index in [0.717, 1.165) is 0 Å². The summed E-state index contributed by atoms with van der Waals surface area (Å²) >= 11 is 0. The van der Waals surface area contributed by atoms with Gasteiger partial charge in [-0.15, -0.1) is 0 Å². The van der Waals surface area contributed by atoms with Crippen LogP contribution in [0.1, 0.15) is 23.7 Å². The number of hydrogen-bond donors (Lipinski definition) is 3. The van der Waals surface area contributed by atoms with Crippen LogP contribution in [0.2, 0.25) is 0 Å². The normalized spacial score (nSPS) is 12.0. The van der Waals surface area contributed by atoms with Gasteiger partial charge in [0.05, 0.1) is 18.6 Å². The van der Waals surface area contributed by atoms with Gasteiger partial charge < -0.3 is 20.5 Å². The first-order valence-corrected chi connectivity index (χ1v) is 7.22. The molecule has 0 heterocycles. The molecule has 1 rings (SSSR count). The summed E-state index contributed by atoms with van der Waals surface area (Å²) in [5.74, 6) is -5.78. The van der Waals surface area contributed by atoms with Crippen molar-refractivity contribution in [3.05, 3.63) is 29.8 Å². The Hall–Kier alpha value is -3.11. The molecule has 1 atom stereocenters. The van der Waals surface area contributed by atoms with E-state index < -0.39 is 42.4 Å². The highest BCUT2D eigenvalue weighted by Gasteiger charge is 2.41. The molecule has 1 aromatic carbocycles. The Bertz CT molecular complexity index is 688. The number of benzene rings is 1. The predicted octanol–water partition coefficient (Wildman–Crippen LogP) is 1.32. The maximum atomic E-state index is 12.3. The first kappa shape index (κ1) is 20.9. The van der Waals surface area contributed by atoms with Gasteiger partial charge in [0.2, 0.25) is 5.91 Å². The molecule has 8 nitrogen and oxygen atoms in total. The zero-order valence-corrected chi connectivity index (χ0v) is 13.4. The molecule has 11 heteroatoms. The van der Waals surface area contributed by atoms with Gasteiger partial charge in [-0.2, -0.15) is 13.2 Å². The molecule has 0 aromatic heterocycles. The number of alkyl halides is 3. The lowest BCUT2D eigenvalue weighted by atomic mass is 10.1. The summed E-state index contributed by atoms with van der Waals surface area (Å²) in [7, 11) is 0. The fourth-order valence-electron chi connectivity index (χ4n) is 1.76. The molecule has 0 saturated heterocycles. The highest BCUT2D eigenvalue weighted by atomic mass is 19.4. The smallest absolute Gasteiger partial charge is 0.471 e. The fraction of sp³-hybridized carbons (Fsp3) is 0.333. The molecule has 0 spiro atoms. The molecule has 142 valence electrons. The van der Waals surface area contributed by atoms with Gasteiger partial charge in [0.15, 0.2) is 0 Å². The van der Waals surface area contributed by atoms with E-state index in [-0.39, 0.29) is 17.9 Å². The molecule has 0 aliphatic carbocycles. The van der Waals surface area contributed by atoms with Crippen molar-refractivity contribution in [2.75, 3.05) is 11.9 Å². The Morgan fingerprint density at radius 2 is 1.73 bits per heavy atom. The second-order valence-electron chi connectivity index (χ2n) is 4.91. The minimum Gasteiger partial charge on any atom is -0.481 e. The molecule has 0 aliphatic heterocycles. The van der Waals surface area contributed by atoms with Crippen LogP contribution in [0.25, 0.3) is 0 Å². The van der Waals surface area contributed by atoms with Gasteiger partial charge in [0.25, 0.3) is 0 Å². The molecule has 0 unspecified atom stereocenters. The van der Waals surface area contributed by atoms with Gasteiger partial charge in [-0.25, -0.2) is 4.79 Å². The minimum absolute atomic E-state index is 0.0831. The number of carbonyl (C=O) groups excluding carboxylic acids is 3. The van der Waals surface area contributed by atoms with E-state index in [4.69, 9.17) is 9.84 Å². The van der Waals surface area contributed by atoms with E-state index in [1.165, 1.54) is 29.6 Å². The highest BCUT2D eigenvalue weighted by Crippen LogP contribution is 2.16. The van der Waals surface area contributed by atoms with Crippen molar-refractivity contribution in [1.82, 2.24) is 5.32 Å². The van der Waals surface area contributed by atoms with E-state index in [0.29, 0.717) is 0 Å². The lowest BCUT2D eigenvalue weighted by molar-refractivity contribution is -0.174. The minimum atomic E-state index is -5.27. The zero-order chi connectivity index (χ0) is 19.9. The van der Waals surface area contributed by atoms with Crippen molar-refractivity contribution in [3.8, 4) is 0 Å². The van der Waals surface area contributed by atoms with E-state index in [1.807, 2.05) is 0 Å². The van der Waals surface area contributed by atoms with E-state index in [2.05, 4.69) is 5.32 Å². The fourth-order valence-corrected chi connectivity index (χ4v) is 1.76. The van der Waals surface area contributed by atoms with Gasteiger partial charge in [-0.1, -0.05) is 0 Å². The number of anilines is 1. The molecule has 26 heavy (non-hydrogen) atoms. The van der Waals surface area contributed by atoms with Crippen molar-refractivity contribution in [2.24, 2.45) is 0 Å². The second kappa shape index (κ2) is 8.83. The third-order valence-corrected chi connectivity index (χ3v) is 2.92.